The van der Waals surface area contributed by atoms with Gasteiger partial charge in [0.2, 0.25) is 0 Å². The van der Waals surface area contributed by atoms with Crippen molar-refractivity contribution >= 4 is 15.9 Å². The molecule has 0 N–H and O–H groups in total. The van der Waals surface area contributed by atoms with E-state index in [1.165, 1.54) is 18.9 Å². The number of halogens is 2. The minimum absolute atomic E-state index is 0.250. The third-order valence-corrected chi connectivity index (χ3v) is 3.00. The number of unbranched alkanes of at least 4 members (excludes halogenated alkanes) is 3. The second kappa shape index (κ2) is 7.34. The van der Waals surface area contributed by atoms with Crippen LogP contribution in [0.5, 0.6) is 5.75 Å². The average molecular weight is 299 g/mol. The van der Waals surface area contributed by atoms with Gasteiger partial charge in [-0.1, -0.05) is 32.1 Å². The SMILES string of the molecule is C#Cc1cc(F)c(OCCCCCC)c(Br)c1. The fourth-order valence-corrected chi connectivity index (χ4v) is 2.03. The second-order valence-corrected chi connectivity index (χ2v) is 4.68. The molecular formula is C14H16BrFO. The molecule has 1 aromatic carbocycles. The second-order valence-electron chi connectivity index (χ2n) is 3.82. The van der Waals surface area contributed by atoms with Crippen LogP contribution in [0.15, 0.2) is 16.6 Å². The Morgan fingerprint density at radius 1 is 1.35 bits per heavy atom. The van der Waals surface area contributed by atoms with E-state index >= 15 is 0 Å². The molecule has 0 spiro atoms. The zero-order chi connectivity index (χ0) is 12.7. The van der Waals surface area contributed by atoms with E-state index in [9.17, 15) is 4.39 Å². The molecule has 0 aliphatic rings. The first kappa shape index (κ1) is 14.1. The molecule has 0 heterocycles. The van der Waals surface area contributed by atoms with Gasteiger partial charge in [0.25, 0.3) is 0 Å². The van der Waals surface area contributed by atoms with Gasteiger partial charge in [0.05, 0.1) is 11.1 Å². The molecule has 0 saturated heterocycles. The molecule has 0 unspecified atom stereocenters. The number of benzene rings is 1. The van der Waals surface area contributed by atoms with Crippen LogP contribution < -0.4 is 4.74 Å². The molecule has 1 aromatic rings. The van der Waals surface area contributed by atoms with Crippen molar-refractivity contribution in [3.8, 4) is 18.1 Å². The number of terminal acetylenes is 1. The molecule has 0 aliphatic heterocycles. The molecule has 0 amide bonds. The topological polar surface area (TPSA) is 9.23 Å². The van der Waals surface area contributed by atoms with Crippen molar-refractivity contribution in [2.24, 2.45) is 0 Å². The van der Waals surface area contributed by atoms with Crippen LogP contribution in [-0.2, 0) is 0 Å². The van der Waals surface area contributed by atoms with Gasteiger partial charge in [-0.15, -0.1) is 6.42 Å². The van der Waals surface area contributed by atoms with E-state index in [-0.39, 0.29) is 5.75 Å². The quantitative estimate of drug-likeness (QED) is 0.554. The van der Waals surface area contributed by atoms with Gasteiger partial charge < -0.3 is 4.74 Å². The lowest BCUT2D eigenvalue weighted by Gasteiger charge is -2.09. The molecule has 0 radical (unpaired) electrons. The predicted octanol–water partition coefficient (Wildman–Crippen LogP) is 4.53. The van der Waals surface area contributed by atoms with Crippen LogP contribution in [0.3, 0.4) is 0 Å². The third-order valence-electron chi connectivity index (χ3n) is 2.41. The van der Waals surface area contributed by atoms with Gasteiger partial charge >= 0.3 is 0 Å². The van der Waals surface area contributed by atoms with E-state index in [0.717, 1.165) is 12.8 Å². The van der Waals surface area contributed by atoms with Crippen LogP contribution >= 0.6 is 15.9 Å². The lowest BCUT2D eigenvalue weighted by atomic mass is 10.2. The monoisotopic (exact) mass is 298 g/mol. The van der Waals surface area contributed by atoms with Crippen molar-refractivity contribution in [2.75, 3.05) is 6.61 Å². The van der Waals surface area contributed by atoms with Crippen molar-refractivity contribution in [3.05, 3.63) is 28.0 Å². The van der Waals surface area contributed by atoms with Crippen molar-refractivity contribution < 1.29 is 9.13 Å². The summed E-state index contributed by atoms with van der Waals surface area (Å²) in [6, 6.07) is 3.00. The summed E-state index contributed by atoms with van der Waals surface area (Å²) in [4.78, 5) is 0. The Labute approximate surface area is 110 Å². The summed E-state index contributed by atoms with van der Waals surface area (Å²) in [5.74, 6) is 2.23. The highest BCUT2D eigenvalue weighted by Gasteiger charge is 2.09. The third kappa shape index (κ3) is 4.40. The molecule has 1 rings (SSSR count). The minimum Gasteiger partial charge on any atom is -0.489 e. The molecule has 0 aliphatic carbocycles. The van der Waals surface area contributed by atoms with Crippen LogP contribution in [0.1, 0.15) is 38.2 Å². The van der Waals surface area contributed by atoms with E-state index in [1.54, 1.807) is 6.07 Å². The zero-order valence-corrected chi connectivity index (χ0v) is 11.5. The van der Waals surface area contributed by atoms with E-state index in [1.807, 2.05) is 0 Å². The van der Waals surface area contributed by atoms with Gasteiger partial charge in [0.15, 0.2) is 11.6 Å². The molecule has 1 nitrogen and oxygen atoms in total. The maximum absolute atomic E-state index is 13.6. The highest BCUT2D eigenvalue weighted by atomic mass is 79.9. The molecule has 3 heteroatoms. The average Bonchev–Trinajstić information content (AvgIpc) is 2.31. The summed E-state index contributed by atoms with van der Waals surface area (Å²) >= 11 is 3.26. The smallest absolute Gasteiger partial charge is 0.169 e. The van der Waals surface area contributed by atoms with Crippen molar-refractivity contribution in [3.63, 3.8) is 0 Å². The van der Waals surface area contributed by atoms with Gasteiger partial charge in [-0.05, 0) is 34.5 Å². The summed E-state index contributed by atoms with van der Waals surface area (Å²) in [7, 11) is 0. The molecule has 0 bridgehead atoms. The Balaban J connectivity index is 2.57. The highest BCUT2D eigenvalue weighted by molar-refractivity contribution is 9.10. The minimum atomic E-state index is -0.414. The normalized spacial score (nSPS) is 10.0. The van der Waals surface area contributed by atoms with E-state index < -0.39 is 5.82 Å². The summed E-state index contributed by atoms with van der Waals surface area (Å²) in [6.07, 6.45) is 9.62. The molecule has 0 fully saturated rings. The Morgan fingerprint density at radius 2 is 2.12 bits per heavy atom. The van der Waals surface area contributed by atoms with E-state index in [4.69, 9.17) is 11.2 Å². The fourth-order valence-electron chi connectivity index (χ4n) is 1.48. The maximum Gasteiger partial charge on any atom is 0.169 e. The van der Waals surface area contributed by atoms with E-state index in [2.05, 4.69) is 28.8 Å². The number of rotatable bonds is 6. The van der Waals surface area contributed by atoms with Gasteiger partial charge in [-0.3, -0.25) is 0 Å². The van der Waals surface area contributed by atoms with Crippen LogP contribution in [0.25, 0.3) is 0 Å². The first-order valence-corrected chi connectivity index (χ1v) is 6.56. The molecule has 17 heavy (non-hydrogen) atoms. The Bertz CT molecular complexity index is 386. The largest absolute Gasteiger partial charge is 0.489 e. The summed E-state index contributed by atoms with van der Waals surface area (Å²) in [6.45, 7) is 2.68. The summed E-state index contributed by atoms with van der Waals surface area (Å²) < 4.78 is 19.6. The Kier molecular flexibility index (Phi) is 6.07. The molecule has 92 valence electrons. The maximum atomic E-state index is 13.6. The standard InChI is InChI=1S/C14H16BrFO/c1-3-5-6-7-8-17-14-12(15)9-11(4-2)10-13(14)16/h2,9-10H,3,5-8H2,1H3. The number of hydrogen-bond acceptors (Lipinski definition) is 1. The lowest BCUT2D eigenvalue weighted by Crippen LogP contribution is -2.00. The van der Waals surface area contributed by atoms with Crippen LogP contribution in [-0.4, -0.2) is 6.61 Å². The predicted molar refractivity (Wildman–Crippen MR) is 71.7 cm³/mol. The van der Waals surface area contributed by atoms with Gasteiger partial charge in [0.1, 0.15) is 0 Å². The summed E-state index contributed by atoms with van der Waals surface area (Å²) in [5, 5.41) is 0. The van der Waals surface area contributed by atoms with Crippen molar-refractivity contribution in [2.45, 2.75) is 32.6 Å². The van der Waals surface area contributed by atoms with Gasteiger partial charge in [0, 0.05) is 5.56 Å². The Morgan fingerprint density at radius 3 is 2.71 bits per heavy atom. The van der Waals surface area contributed by atoms with Crippen LogP contribution in [0.4, 0.5) is 4.39 Å². The zero-order valence-electron chi connectivity index (χ0n) is 9.93. The molecular weight excluding hydrogens is 283 g/mol. The highest BCUT2D eigenvalue weighted by Crippen LogP contribution is 2.29. The molecule has 0 saturated carbocycles. The van der Waals surface area contributed by atoms with Crippen LogP contribution in [0.2, 0.25) is 0 Å². The molecule has 0 aromatic heterocycles. The first-order chi connectivity index (χ1) is 8.19. The van der Waals surface area contributed by atoms with E-state index in [0.29, 0.717) is 16.6 Å². The molecule has 0 atom stereocenters. The fraction of sp³-hybridized carbons (Fsp3) is 0.429. The van der Waals surface area contributed by atoms with Gasteiger partial charge in [-0.2, -0.15) is 0 Å². The Hall–Kier alpha value is -1.01. The summed E-state index contributed by atoms with van der Waals surface area (Å²) in [5.41, 5.74) is 0.507. The number of ether oxygens (including phenoxy) is 1. The first-order valence-electron chi connectivity index (χ1n) is 5.77. The van der Waals surface area contributed by atoms with Gasteiger partial charge in [-0.25, -0.2) is 4.39 Å². The lowest BCUT2D eigenvalue weighted by molar-refractivity contribution is 0.288. The van der Waals surface area contributed by atoms with Crippen LogP contribution in [0, 0.1) is 18.2 Å². The number of hydrogen-bond donors (Lipinski definition) is 0. The van der Waals surface area contributed by atoms with Crippen molar-refractivity contribution in [1.82, 2.24) is 0 Å². The van der Waals surface area contributed by atoms with Crippen molar-refractivity contribution in [1.29, 1.82) is 0 Å².